The van der Waals surface area contributed by atoms with E-state index >= 15 is 0 Å². The number of hydrogen-bond acceptors (Lipinski definition) is 6. The van der Waals surface area contributed by atoms with Gasteiger partial charge < -0.3 is 4.74 Å². The predicted molar refractivity (Wildman–Crippen MR) is 99.9 cm³/mol. The number of ether oxygens (including phenoxy) is 1. The topological polar surface area (TPSA) is 81.0 Å². The first-order chi connectivity index (χ1) is 12.8. The fourth-order valence-electron chi connectivity index (χ4n) is 3.47. The van der Waals surface area contributed by atoms with E-state index in [-0.39, 0.29) is 0 Å². The summed E-state index contributed by atoms with van der Waals surface area (Å²) in [7, 11) is 1.67. The summed E-state index contributed by atoms with van der Waals surface area (Å²) in [6, 6.07) is 7.97. The molecular formula is C18H18N6OS. The first-order valence-corrected chi connectivity index (χ1v) is 9.69. The number of hydrogen-bond donors (Lipinski definition) is 1. The molecule has 3 aromatic rings. The maximum absolute atomic E-state index is 5.24. The Hall–Kier alpha value is -2.61. The van der Waals surface area contributed by atoms with Crippen molar-refractivity contribution < 1.29 is 4.74 Å². The molecule has 2 aliphatic rings. The molecule has 8 heteroatoms. The lowest BCUT2D eigenvalue weighted by molar-refractivity contribution is 0.415. The van der Waals surface area contributed by atoms with Crippen molar-refractivity contribution in [2.45, 2.75) is 30.8 Å². The van der Waals surface area contributed by atoms with Crippen molar-refractivity contribution in [2.75, 3.05) is 12.9 Å². The van der Waals surface area contributed by atoms with Gasteiger partial charge in [0.2, 0.25) is 11.0 Å². The SMILES string of the molecule is COc1ccc(C2=Nn3c(nnc3-c3n[nH]c4c3CCCC4)SC2)cc1. The Kier molecular flexibility index (Phi) is 3.77. The van der Waals surface area contributed by atoms with Crippen molar-refractivity contribution in [2.24, 2.45) is 5.10 Å². The average Bonchev–Trinajstić information content (AvgIpc) is 3.31. The highest BCUT2D eigenvalue weighted by Crippen LogP contribution is 2.32. The van der Waals surface area contributed by atoms with Crippen LogP contribution in [-0.2, 0) is 12.8 Å². The summed E-state index contributed by atoms with van der Waals surface area (Å²) in [5, 5.41) is 22.0. The third-order valence-corrected chi connectivity index (χ3v) is 5.79. The molecular weight excluding hydrogens is 348 g/mol. The van der Waals surface area contributed by atoms with E-state index in [1.54, 1.807) is 18.9 Å². The lowest BCUT2D eigenvalue weighted by Crippen LogP contribution is -2.14. The van der Waals surface area contributed by atoms with Gasteiger partial charge >= 0.3 is 0 Å². The minimum Gasteiger partial charge on any atom is -0.497 e. The lowest BCUT2D eigenvalue weighted by Gasteiger charge is -2.14. The summed E-state index contributed by atoms with van der Waals surface area (Å²) in [6.07, 6.45) is 4.49. The highest BCUT2D eigenvalue weighted by molar-refractivity contribution is 7.99. The number of aromatic nitrogens is 5. The van der Waals surface area contributed by atoms with Gasteiger partial charge in [0.05, 0.1) is 12.8 Å². The maximum Gasteiger partial charge on any atom is 0.212 e. The molecule has 0 spiro atoms. The van der Waals surface area contributed by atoms with E-state index in [1.165, 1.54) is 24.1 Å². The number of aryl methyl sites for hydroxylation is 1. The fourth-order valence-corrected chi connectivity index (χ4v) is 4.30. The van der Waals surface area contributed by atoms with Gasteiger partial charge in [-0.05, 0) is 55.5 Å². The van der Waals surface area contributed by atoms with Crippen LogP contribution in [0.15, 0.2) is 34.5 Å². The van der Waals surface area contributed by atoms with Crippen molar-refractivity contribution in [3.05, 3.63) is 41.1 Å². The minimum absolute atomic E-state index is 0.720. The van der Waals surface area contributed by atoms with Crippen LogP contribution < -0.4 is 4.74 Å². The molecule has 0 atom stereocenters. The van der Waals surface area contributed by atoms with Gasteiger partial charge in [0, 0.05) is 17.0 Å². The monoisotopic (exact) mass is 366 g/mol. The van der Waals surface area contributed by atoms with Crippen molar-refractivity contribution in [1.29, 1.82) is 0 Å². The molecule has 0 saturated carbocycles. The van der Waals surface area contributed by atoms with Gasteiger partial charge in [-0.1, -0.05) is 11.8 Å². The quantitative estimate of drug-likeness (QED) is 0.771. The van der Waals surface area contributed by atoms with Gasteiger partial charge in [-0.25, -0.2) is 0 Å². The van der Waals surface area contributed by atoms with Crippen LogP contribution in [0.1, 0.15) is 29.7 Å². The maximum atomic E-state index is 5.24. The number of fused-ring (bicyclic) bond motifs is 2. The second kappa shape index (κ2) is 6.28. The molecule has 0 fully saturated rings. The van der Waals surface area contributed by atoms with Crippen LogP contribution >= 0.6 is 11.8 Å². The first-order valence-electron chi connectivity index (χ1n) is 8.70. The van der Waals surface area contributed by atoms with Crippen molar-refractivity contribution in [1.82, 2.24) is 25.1 Å². The molecule has 0 radical (unpaired) electrons. The molecule has 0 bridgehead atoms. The highest BCUT2D eigenvalue weighted by Gasteiger charge is 2.26. The Morgan fingerprint density at radius 1 is 1.12 bits per heavy atom. The number of rotatable bonds is 3. The minimum atomic E-state index is 0.720. The van der Waals surface area contributed by atoms with Crippen molar-refractivity contribution >= 4 is 17.5 Å². The normalized spacial score (nSPS) is 16.0. The zero-order chi connectivity index (χ0) is 17.5. The number of nitrogens with zero attached hydrogens (tertiary/aromatic N) is 5. The molecule has 132 valence electrons. The summed E-state index contributed by atoms with van der Waals surface area (Å²) >= 11 is 1.65. The van der Waals surface area contributed by atoms with Gasteiger partial charge in [-0.2, -0.15) is 14.9 Å². The Bertz CT molecular complexity index is 988. The average molecular weight is 366 g/mol. The van der Waals surface area contributed by atoms with Crippen molar-refractivity contribution in [3.63, 3.8) is 0 Å². The molecule has 0 saturated heterocycles. The molecule has 7 nitrogen and oxygen atoms in total. The zero-order valence-electron chi connectivity index (χ0n) is 14.4. The van der Waals surface area contributed by atoms with Gasteiger partial charge in [-0.3, -0.25) is 5.10 Å². The third kappa shape index (κ3) is 2.52. The standard InChI is InChI=1S/C18H18N6OS/c1-25-12-8-6-11(7-9-12)15-10-26-18-22-21-17(24(18)23-15)16-13-4-2-3-5-14(13)19-20-16/h6-9H,2-5,10H2,1H3,(H,19,20). The van der Waals surface area contributed by atoms with E-state index in [2.05, 4.69) is 20.4 Å². The number of benzene rings is 1. The Balaban J connectivity index is 1.56. The van der Waals surface area contributed by atoms with Crippen LogP contribution in [0.25, 0.3) is 11.5 Å². The fraction of sp³-hybridized carbons (Fsp3) is 0.333. The van der Waals surface area contributed by atoms with Gasteiger partial charge in [-0.15, -0.1) is 10.2 Å². The predicted octanol–water partition coefficient (Wildman–Crippen LogP) is 2.91. The zero-order valence-corrected chi connectivity index (χ0v) is 15.2. The van der Waals surface area contributed by atoms with Crippen LogP contribution in [0.4, 0.5) is 0 Å². The molecule has 0 amide bonds. The van der Waals surface area contributed by atoms with E-state index in [0.717, 1.165) is 52.3 Å². The number of methoxy groups -OCH3 is 1. The first kappa shape index (κ1) is 15.6. The van der Waals surface area contributed by atoms with Crippen molar-refractivity contribution in [3.8, 4) is 17.3 Å². The van der Waals surface area contributed by atoms with E-state index in [1.807, 2.05) is 28.9 Å². The molecule has 1 aromatic carbocycles. The molecule has 1 aliphatic carbocycles. The van der Waals surface area contributed by atoms with Crippen LogP contribution in [0.3, 0.4) is 0 Å². The van der Waals surface area contributed by atoms with E-state index in [0.29, 0.717) is 0 Å². The Morgan fingerprint density at radius 3 is 2.81 bits per heavy atom. The summed E-state index contributed by atoms with van der Waals surface area (Å²) in [5.41, 5.74) is 5.46. The van der Waals surface area contributed by atoms with Crippen LogP contribution in [-0.4, -0.2) is 43.6 Å². The Labute approximate surface area is 154 Å². The molecule has 5 rings (SSSR count). The molecule has 3 heterocycles. The van der Waals surface area contributed by atoms with Crippen LogP contribution in [0, 0.1) is 0 Å². The molecule has 26 heavy (non-hydrogen) atoms. The van der Waals surface area contributed by atoms with Gasteiger partial charge in [0.25, 0.3) is 0 Å². The van der Waals surface area contributed by atoms with Crippen LogP contribution in [0.5, 0.6) is 5.75 Å². The molecule has 2 aromatic heterocycles. The number of nitrogens with one attached hydrogen (secondary N) is 1. The number of H-pyrrole nitrogens is 1. The van der Waals surface area contributed by atoms with E-state index in [4.69, 9.17) is 9.84 Å². The highest BCUT2D eigenvalue weighted by atomic mass is 32.2. The third-order valence-electron chi connectivity index (χ3n) is 4.86. The number of aromatic amines is 1. The number of thioether (sulfide) groups is 1. The molecule has 0 unspecified atom stereocenters. The lowest BCUT2D eigenvalue weighted by atomic mass is 9.96. The second-order valence-corrected chi connectivity index (χ2v) is 7.36. The molecule has 1 aliphatic heterocycles. The van der Waals surface area contributed by atoms with E-state index in [9.17, 15) is 0 Å². The van der Waals surface area contributed by atoms with E-state index < -0.39 is 0 Å². The summed E-state index contributed by atoms with van der Waals surface area (Å²) in [6.45, 7) is 0. The van der Waals surface area contributed by atoms with Gasteiger partial charge in [0.15, 0.2) is 0 Å². The summed E-state index contributed by atoms with van der Waals surface area (Å²) in [5.74, 6) is 2.33. The largest absolute Gasteiger partial charge is 0.497 e. The summed E-state index contributed by atoms with van der Waals surface area (Å²) < 4.78 is 7.07. The summed E-state index contributed by atoms with van der Waals surface area (Å²) in [4.78, 5) is 0. The van der Waals surface area contributed by atoms with Gasteiger partial charge in [0.1, 0.15) is 11.4 Å². The second-order valence-electron chi connectivity index (χ2n) is 6.42. The molecule has 1 N–H and O–H groups in total. The smallest absolute Gasteiger partial charge is 0.212 e. The Morgan fingerprint density at radius 2 is 1.96 bits per heavy atom. The van der Waals surface area contributed by atoms with Crippen LogP contribution in [0.2, 0.25) is 0 Å².